The predicted octanol–water partition coefficient (Wildman–Crippen LogP) is 5.87. The van der Waals surface area contributed by atoms with E-state index in [4.69, 9.17) is 23.2 Å². The molecule has 0 aliphatic carbocycles. The van der Waals surface area contributed by atoms with Crippen LogP contribution in [0, 0.1) is 0 Å². The lowest BCUT2D eigenvalue weighted by Gasteiger charge is -2.06. The normalized spacial score (nSPS) is 10.6. The van der Waals surface area contributed by atoms with E-state index in [-0.39, 0.29) is 11.9 Å². The number of hydrogen-bond donors (Lipinski definition) is 3. The molecule has 34 heavy (non-hydrogen) atoms. The highest BCUT2D eigenvalue weighted by atomic mass is 35.5. The van der Waals surface area contributed by atoms with Gasteiger partial charge in [0.25, 0.3) is 5.91 Å². The molecule has 2 aromatic heterocycles. The van der Waals surface area contributed by atoms with E-state index in [1.807, 2.05) is 35.7 Å². The second kappa shape index (κ2) is 11.4. The molecule has 7 nitrogen and oxygen atoms in total. The molecule has 3 amide bonds. The van der Waals surface area contributed by atoms with Crippen LogP contribution in [0.5, 0.6) is 0 Å². The van der Waals surface area contributed by atoms with Gasteiger partial charge in [0.15, 0.2) is 5.13 Å². The van der Waals surface area contributed by atoms with Gasteiger partial charge >= 0.3 is 6.03 Å². The Balaban J connectivity index is 1.21. The molecule has 0 aliphatic rings. The third-order valence-electron chi connectivity index (χ3n) is 4.63. The number of urea groups is 1. The minimum Gasteiger partial charge on any atom is -0.350 e. The van der Waals surface area contributed by atoms with Gasteiger partial charge in [0.05, 0.1) is 15.7 Å². The van der Waals surface area contributed by atoms with Crippen LogP contribution in [0.4, 0.5) is 9.93 Å². The molecular formula is C23H19Cl2N5O2S2. The Bertz CT molecular complexity index is 1290. The number of carbonyl (C=O) groups excluding carboxylic acids is 2. The van der Waals surface area contributed by atoms with Crippen molar-refractivity contribution in [1.82, 2.24) is 20.6 Å². The molecule has 4 aromatic rings. The van der Waals surface area contributed by atoms with Gasteiger partial charge in [-0.05, 0) is 17.7 Å². The van der Waals surface area contributed by atoms with Crippen LogP contribution in [0.2, 0.25) is 10.0 Å². The highest BCUT2D eigenvalue weighted by Gasteiger charge is 2.12. The van der Waals surface area contributed by atoms with Gasteiger partial charge < -0.3 is 10.6 Å². The van der Waals surface area contributed by atoms with E-state index in [1.54, 1.807) is 23.6 Å². The van der Waals surface area contributed by atoms with Gasteiger partial charge in [0.1, 0.15) is 10.7 Å². The average molecular weight is 532 g/mol. The number of carbonyl (C=O) groups is 2. The second-order valence-electron chi connectivity index (χ2n) is 7.11. The van der Waals surface area contributed by atoms with E-state index in [0.717, 1.165) is 21.8 Å². The zero-order valence-electron chi connectivity index (χ0n) is 17.7. The van der Waals surface area contributed by atoms with Crippen molar-refractivity contribution in [2.75, 3.05) is 11.9 Å². The highest BCUT2D eigenvalue weighted by Crippen LogP contribution is 2.24. The third-order valence-corrected chi connectivity index (χ3v) is 7.07. The fourth-order valence-corrected chi connectivity index (χ4v) is 4.81. The highest BCUT2D eigenvalue weighted by molar-refractivity contribution is 7.14. The zero-order valence-corrected chi connectivity index (χ0v) is 20.8. The van der Waals surface area contributed by atoms with Crippen molar-refractivity contribution in [1.29, 1.82) is 0 Å². The van der Waals surface area contributed by atoms with Crippen LogP contribution in [0.25, 0.3) is 10.6 Å². The van der Waals surface area contributed by atoms with E-state index < -0.39 is 0 Å². The first-order valence-corrected chi connectivity index (χ1v) is 12.7. The topological polar surface area (TPSA) is 96.0 Å². The molecule has 4 rings (SSSR count). The van der Waals surface area contributed by atoms with Gasteiger partial charge in [-0.15, -0.1) is 22.7 Å². The summed E-state index contributed by atoms with van der Waals surface area (Å²) in [5, 5.41) is 14.1. The average Bonchev–Trinajstić information content (AvgIpc) is 3.50. The van der Waals surface area contributed by atoms with Crippen LogP contribution in [-0.4, -0.2) is 28.5 Å². The number of nitrogens with zero attached hydrogens (tertiary/aromatic N) is 2. The Morgan fingerprint density at radius 2 is 1.74 bits per heavy atom. The minimum atomic E-state index is -0.377. The van der Waals surface area contributed by atoms with Gasteiger partial charge in [0, 0.05) is 35.8 Å². The maximum absolute atomic E-state index is 12.4. The Hall–Kier alpha value is -2.98. The van der Waals surface area contributed by atoms with Gasteiger partial charge in [-0.1, -0.05) is 59.6 Å². The molecule has 0 fully saturated rings. The van der Waals surface area contributed by atoms with Crippen LogP contribution in [0.3, 0.4) is 0 Å². The molecule has 0 radical (unpaired) electrons. The smallest absolute Gasteiger partial charge is 0.321 e. The fraction of sp³-hybridized carbons (Fsp3) is 0.130. The van der Waals surface area contributed by atoms with Crippen LogP contribution in [0.1, 0.15) is 21.7 Å². The van der Waals surface area contributed by atoms with Crippen LogP contribution < -0.4 is 16.0 Å². The summed E-state index contributed by atoms with van der Waals surface area (Å²) in [6, 6.07) is 14.5. The van der Waals surface area contributed by atoms with Crippen molar-refractivity contribution >= 4 is 62.9 Å². The van der Waals surface area contributed by atoms with Crippen molar-refractivity contribution in [2.45, 2.75) is 13.0 Å². The summed E-state index contributed by atoms with van der Waals surface area (Å²) in [6.07, 6.45) is 0.532. The number of rotatable bonds is 8. The predicted molar refractivity (Wildman–Crippen MR) is 138 cm³/mol. The number of anilines is 1. The Morgan fingerprint density at radius 1 is 0.912 bits per heavy atom. The zero-order chi connectivity index (χ0) is 23.9. The van der Waals surface area contributed by atoms with Crippen molar-refractivity contribution < 1.29 is 9.59 Å². The number of hydrogen-bond acceptors (Lipinski definition) is 6. The van der Waals surface area contributed by atoms with Crippen molar-refractivity contribution in [3.05, 3.63) is 86.3 Å². The molecule has 11 heteroatoms. The molecule has 0 aliphatic heterocycles. The molecule has 174 valence electrons. The quantitative estimate of drug-likeness (QED) is 0.265. The largest absolute Gasteiger partial charge is 0.350 e. The van der Waals surface area contributed by atoms with Gasteiger partial charge in [0.2, 0.25) is 0 Å². The summed E-state index contributed by atoms with van der Waals surface area (Å²) in [6.45, 7) is 0.708. The summed E-state index contributed by atoms with van der Waals surface area (Å²) in [5.41, 5.74) is 2.97. The molecule has 3 N–H and O–H groups in total. The maximum atomic E-state index is 12.4. The molecule has 0 spiro atoms. The van der Waals surface area contributed by atoms with Crippen LogP contribution in [0.15, 0.2) is 59.3 Å². The lowest BCUT2D eigenvalue weighted by atomic mass is 10.2. The molecule has 0 atom stereocenters. The Labute approximate surface area is 214 Å². The van der Waals surface area contributed by atoms with E-state index in [0.29, 0.717) is 40.4 Å². The monoisotopic (exact) mass is 531 g/mol. The van der Waals surface area contributed by atoms with Gasteiger partial charge in [-0.2, -0.15) is 0 Å². The van der Waals surface area contributed by atoms with Gasteiger partial charge in [-0.25, -0.2) is 14.8 Å². The van der Waals surface area contributed by atoms with Crippen LogP contribution in [-0.2, 0) is 13.0 Å². The number of halogens is 2. The summed E-state index contributed by atoms with van der Waals surface area (Å²) in [5.74, 6) is -0.228. The number of amides is 3. The van der Waals surface area contributed by atoms with E-state index in [9.17, 15) is 9.59 Å². The first kappa shape index (κ1) is 24.2. The van der Waals surface area contributed by atoms with Gasteiger partial charge in [-0.3, -0.25) is 10.1 Å². The number of benzene rings is 2. The number of nitrogens with one attached hydrogen (secondary N) is 3. The SMILES string of the molecule is O=C(NCc1ccc(Cl)c(Cl)c1)Nc1nc(CCNC(=O)c2csc(-c3ccccc3)n2)cs1. The second-order valence-corrected chi connectivity index (χ2v) is 9.64. The van der Waals surface area contributed by atoms with Crippen LogP contribution >= 0.6 is 45.9 Å². The van der Waals surface area contributed by atoms with E-state index in [1.165, 1.54) is 22.7 Å². The van der Waals surface area contributed by atoms with E-state index in [2.05, 4.69) is 25.9 Å². The Morgan fingerprint density at radius 3 is 2.53 bits per heavy atom. The van der Waals surface area contributed by atoms with Crippen molar-refractivity contribution in [3.8, 4) is 10.6 Å². The van der Waals surface area contributed by atoms with Crippen molar-refractivity contribution in [2.24, 2.45) is 0 Å². The molecule has 0 bridgehead atoms. The van der Waals surface area contributed by atoms with E-state index >= 15 is 0 Å². The first-order chi connectivity index (χ1) is 16.5. The first-order valence-electron chi connectivity index (χ1n) is 10.2. The third kappa shape index (κ3) is 6.54. The molecule has 0 saturated carbocycles. The maximum Gasteiger partial charge on any atom is 0.321 e. The standard InChI is InChI=1S/C23H19Cl2N5O2S2/c24-17-7-6-14(10-18(17)25)11-27-22(32)30-23-28-16(12-34-23)8-9-26-20(31)19-13-33-21(29-19)15-4-2-1-3-5-15/h1-7,10,12-13H,8-9,11H2,(H,26,31)(H2,27,28,30,32). The summed E-state index contributed by atoms with van der Waals surface area (Å²) >= 11 is 14.6. The summed E-state index contributed by atoms with van der Waals surface area (Å²) < 4.78 is 0. The number of thiazole rings is 2. The minimum absolute atomic E-state index is 0.228. The Kier molecular flexibility index (Phi) is 8.12. The molecule has 0 saturated heterocycles. The van der Waals surface area contributed by atoms with Crippen molar-refractivity contribution in [3.63, 3.8) is 0 Å². The molecule has 0 unspecified atom stereocenters. The molecule has 2 aromatic carbocycles. The molecule has 2 heterocycles. The lowest BCUT2D eigenvalue weighted by Crippen LogP contribution is -2.28. The fourth-order valence-electron chi connectivity index (χ4n) is 2.94. The number of aromatic nitrogens is 2. The summed E-state index contributed by atoms with van der Waals surface area (Å²) in [4.78, 5) is 33.3. The lowest BCUT2D eigenvalue weighted by molar-refractivity contribution is 0.0950. The summed E-state index contributed by atoms with van der Waals surface area (Å²) in [7, 11) is 0. The molecular weight excluding hydrogens is 513 g/mol.